The summed E-state index contributed by atoms with van der Waals surface area (Å²) in [7, 11) is 0.309. The second kappa shape index (κ2) is 14.2. The number of aliphatic imine (C=N–C) groups is 1. The number of carbonyl (C=O) groups excluding carboxylic acids is 2. The zero-order chi connectivity index (χ0) is 30.0. The maximum absolute atomic E-state index is 14.9. The Labute approximate surface area is 241 Å². The zero-order valence-corrected chi connectivity index (χ0v) is 25.1. The van der Waals surface area contributed by atoms with Crippen LogP contribution in [0.25, 0.3) is 0 Å². The van der Waals surface area contributed by atoms with E-state index in [1.807, 2.05) is 18.2 Å². The topological polar surface area (TPSA) is 97.0 Å². The minimum Gasteiger partial charge on any atom is -0.404 e. The van der Waals surface area contributed by atoms with Gasteiger partial charge >= 0.3 is 0 Å². The molecule has 3 N–H and O–H groups in total. The summed E-state index contributed by atoms with van der Waals surface area (Å²) in [5.74, 6) is 3.00. The smallest absolute Gasteiger partial charge is 0.227 e. The quantitative estimate of drug-likeness (QED) is 0.173. The molecule has 1 atom stereocenters. The van der Waals surface area contributed by atoms with Crippen molar-refractivity contribution in [2.45, 2.75) is 56.9 Å². The van der Waals surface area contributed by atoms with E-state index in [1.54, 1.807) is 19.2 Å². The molecule has 0 heterocycles. The second-order valence-electron chi connectivity index (χ2n) is 11.3. The van der Waals surface area contributed by atoms with Gasteiger partial charge in [0.05, 0.1) is 12.0 Å². The molecule has 0 unspecified atom stereocenters. The van der Waals surface area contributed by atoms with E-state index in [0.29, 0.717) is 49.1 Å². The van der Waals surface area contributed by atoms with Gasteiger partial charge in [0, 0.05) is 50.3 Å². The molecule has 2 aromatic carbocycles. The van der Waals surface area contributed by atoms with Gasteiger partial charge in [0.25, 0.3) is 0 Å². The third kappa shape index (κ3) is 8.59. The van der Waals surface area contributed by atoms with Crippen molar-refractivity contribution in [3.05, 3.63) is 77.0 Å². The monoisotopic (exact) mass is 580 g/mol. The molecule has 7 nitrogen and oxygen atoms in total. The summed E-state index contributed by atoms with van der Waals surface area (Å²) in [6.45, 7) is 7.53. The summed E-state index contributed by atoms with van der Waals surface area (Å²) in [5.41, 5.74) is 6.31. The van der Waals surface area contributed by atoms with Crippen LogP contribution < -0.4 is 11.1 Å². The van der Waals surface area contributed by atoms with Crippen molar-refractivity contribution in [3.8, 4) is 11.8 Å². The van der Waals surface area contributed by atoms with E-state index in [9.17, 15) is 18.4 Å². The van der Waals surface area contributed by atoms with Crippen molar-refractivity contribution in [1.82, 2.24) is 4.90 Å². The average molecular weight is 581 g/mol. The lowest BCUT2D eigenvalue weighted by Crippen LogP contribution is -2.53. The van der Waals surface area contributed by atoms with Crippen LogP contribution in [0.15, 0.2) is 59.2 Å². The van der Waals surface area contributed by atoms with Crippen LogP contribution in [0.4, 0.5) is 14.5 Å². The first-order chi connectivity index (χ1) is 19.5. The van der Waals surface area contributed by atoms with E-state index in [0.717, 1.165) is 18.2 Å². The third-order valence-electron chi connectivity index (χ3n) is 7.04. The fourth-order valence-electron chi connectivity index (χ4n) is 4.72. The van der Waals surface area contributed by atoms with Crippen molar-refractivity contribution >= 4 is 31.8 Å². The maximum Gasteiger partial charge on any atom is 0.227 e. The van der Waals surface area contributed by atoms with Crippen LogP contribution in [-0.2, 0) is 14.3 Å². The molecule has 10 heteroatoms. The number of rotatable bonds is 10. The first-order valence-electron chi connectivity index (χ1n) is 13.6. The summed E-state index contributed by atoms with van der Waals surface area (Å²) in [6.07, 6.45) is 3.36. The van der Waals surface area contributed by atoms with E-state index in [-0.39, 0.29) is 18.7 Å². The molecule has 2 amide bonds. The van der Waals surface area contributed by atoms with Crippen molar-refractivity contribution < 1.29 is 23.1 Å². The number of anilines is 1. The Morgan fingerprint density at radius 1 is 1.17 bits per heavy atom. The Bertz CT molecular complexity index is 1340. The first-order valence-corrected chi connectivity index (χ1v) is 17.3. The molecule has 2 aromatic rings. The van der Waals surface area contributed by atoms with Gasteiger partial charge in [0.2, 0.25) is 12.3 Å². The number of ether oxygens (including phenoxy) is 1. The molecule has 0 bridgehead atoms. The second-order valence-corrected chi connectivity index (χ2v) is 16.9. The number of carbonyl (C=O) groups is 2. The van der Waals surface area contributed by atoms with Crippen molar-refractivity contribution in [2.75, 3.05) is 25.7 Å². The fourth-order valence-corrected chi connectivity index (χ4v) is 5.48. The van der Waals surface area contributed by atoms with Gasteiger partial charge in [-0.1, -0.05) is 49.7 Å². The van der Waals surface area contributed by atoms with E-state index in [2.05, 4.69) is 41.8 Å². The van der Waals surface area contributed by atoms with E-state index < -0.39 is 36.8 Å². The molecule has 0 saturated heterocycles. The molecule has 0 spiro atoms. The summed E-state index contributed by atoms with van der Waals surface area (Å²) in [5, 5.41) is 2.36. The van der Waals surface area contributed by atoms with Crippen LogP contribution in [0.5, 0.6) is 0 Å². The highest BCUT2D eigenvalue weighted by Gasteiger charge is 2.44. The van der Waals surface area contributed by atoms with Gasteiger partial charge in [-0.25, -0.2) is 8.78 Å². The van der Waals surface area contributed by atoms with Gasteiger partial charge in [-0.05, 0) is 49.6 Å². The molecular weight excluding hydrogens is 542 g/mol. The van der Waals surface area contributed by atoms with Crippen LogP contribution in [0, 0.1) is 23.5 Å². The highest BCUT2D eigenvalue weighted by Crippen LogP contribution is 2.39. The van der Waals surface area contributed by atoms with Crippen LogP contribution in [0.2, 0.25) is 25.7 Å². The Morgan fingerprint density at radius 2 is 1.83 bits per heavy atom. The Morgan fingerprint density at radius 3 is 2.44 bits per heavy atom. The molecule has 1 aliphatic rings. The Hall–Kier alpha value is -3.81. The lowest BCUT2D eigenvalue weighted by atomic mass is 9.73. The Balaban J connectivity index is 1.79. The Kier molecular flexibility index (Phi) is 11.0. The number of nitrogens with one attached hydrogen (secondary N) is 1. The van der Waals surface area contributed by atoms with Crippen LogP contribution in [-0.4, -0.2) is 56.9 Å². The fraction of sp³-hybridized carbons (Fsp3) is 0.387. The van der Waals surface area contributed by atoms with Crippen molar-refractivity contribution in [1.29, 1.82) is 0 Å². The standard InChI is InChI=1S/C31H38F2N4O3Si/c1-37(22-38)31(14-8-11-28(25(31)20-34)35-21-40-15-16-41(2,3)4)19-29(39)36-30-26(32)17-24(18-27(30)33)13-12-23-9-6-5-7-10-23/h5-7,9-10,17-18,20,22H,8,11,14-16,19,21,34H2,1-4H3,(H,36,39)/t31-/m0/s1. The van der Waals surface area contributed by atoms with Crippen molar-refractivity contribution in [2.24, 2.45) is 10.7 Å². The molecule has 41 heavy (non-hydrogen) atoms. The molecule has 1 fully saturated rings. The number of benzene rings is 2. The number of hydrogen-bond acceptors (Lipinski definition) is 5. The number of nitrogens with two attached hydrogens (primary N) is 1. The summed E-state index contributed by atoms with van der Waals surface area (Å²) < 4.78 is 35.6. The highest BCUT2D eigenvalue weighted by molar-refractivity contribution is 6.76. The molecule has 1 saturated carbocycles. The maximum atomic E-state index is 14.9. The van der Waals surface area contributed by atoms with Crippen LogP contribution in [0.1, 0.15) is 36.8 Å². The zero-order valence-electron chi connectivity index (χ0n) is 24.1. The summed E-state index contributed by atoms with van der Waals surface area (Å²) in [6, 6.07) is 12.2. The SMILES string of the molecule is CN(C=O)[C@]1(CC(=O)Nc2c(F)cc(C#Cc3ccccc3)cc2F)CCCC(=NCOCC[Si](C)(C)C)C1=CN. The number of amides is 2. The first kappa shape index (κ1) is 31.7. The molecule has 3 rings (SSSR count). The number of likely N-dealkylation sites (N-methyl/N-ethyl adjacent to an activating group) is 1. The van der Waals surface area contributed by atoms with E-state index in [1.165, 1.54) is 11.1 Å². The predicted molar refractivity (Wildman–Crippen MR) is 161 cm³/mol. The minimum absolute atomic E-state index is 0.132. The molecule has 1 aliphatic carbocycles. The predicted octanol–water partition coefficient (Wildman–Crippen LogP) is 5.30. The lowest BCUT2D eigenvalue weighted by molar-refractivity contribution is -0.124. The number of halogens is 2. The normalized spacial score (nSPS) is 19.0. The lowest BCUT2D eigenvalue weighted by Gasteiger charge is -2.44. The van der Waals surface area contributed by atoms with E-state index >= 15 is 0 Å². The molecule has 0 radical (unpaired) electrons. The van der Waals surface area contributed by atoms with Gasteiger partial charge in [0.15, 0.2) is 11.6 Å². The minimum atomic E-state index is -1.25. The highest BCUT2D eigenvalue weighted by atomic mass is 28.3. The molecule has 218 valence electrons. The average Bonchev–Trinajstić information content (AvgIpc) is 2.93. The van der Waals surface area contributed by atoms with Gasteiger partial charge in [-0.15, -0.1) is 0 Å². The third-order valence-corrected chi connectivity index (χ3v) is 8.75. The van der Waals surface area contributed by atoms with Gasteiger partial charge in [-0.2, -0.15) is 0 Å². The summed E-state index contributed by atoms with van der Waals surface area (Å²) in [4.78, 5) is 31.1. The van der Waals surface area contributed by atoms with Crippen LogP contribution >= 0.6 is 0 Å². The van der Waals surface area contributed by atoms with Gasteiger partial charge in [0.1, 0.15) is 12.4 Å². The summed E-state index contributed by atoms with van der Waals surface area (Å²) >= 11 is 0. The molecule has 0 aromatic heterocycles. The largest absolute Gasteiger partial charge is 0.404 e. The van der Waals surface area contributed by atoms with Gasteiger partial charge in [-0.3, -0.25) is 14.6 Å². The van der Waals surface area contributed by atoms with Crippen LogP contribution in [0.3, 0.4) is 0 Å². The van der Waals surface area contributed by atoms with E-state index in [4.69, 9.17) is 10.5 Å². The molecule has 0 aliphatic heterocycles. The van der Waals surface area contributed by atoms with Crippen molar-refractivity contribution in [3.63, 3.8) is 0 Å². The number of hydrogen-bond donors (Lipinski definition) is 2. The van der Waals surface area contributed by atoms with Gasteiger partial charge < -0.3 is 20.7 Å². The number of nitrogens with zero attached hydrogens (tertiary/aromatic N) is 2. The molecular formula is C31H38F2N4O3Si.